The van der Waals surface area contributed by atoms with Gasteiger partial charge < -0.3 is 15.3 Å². The summed E-state index contributed by atoms with van der Waals surface area (Å²) in [7, 11) is 1.84. The highest BCUT2D eigenvalue weighted by Crippen LogP contribution is 2.24. The molecular formula is C18H23FN4O2. The number of hydrogen-bond donors (Lipinski definition) is 2. The van der Waals surface area contributed by atoms with Crippen molar-refractivity contribution >= 4 is 5.91 Å². The highest BCUT2D eigenvalue weighted by molar-refractivity contribution is 5.86. The number of piperidine rings is 1. The van der Waals surface area contributed by atoms with E-state index in [-0.39, 0.29) is 24.8 Å². The Balaban J connectivity index is 1.61. The van der Waals surface area contributed by atoms with E-state index in [2.05, 4.69) is 10.4 Å². The molecule has 1 aliphatic heterocycles. The van der Waals surface area contributed by atoms with Crippen LogP contribution in [0.3, 0.4) is 0 Å². The van der Waals surface area contributed by atoms with Crippen molar-refractivity contribution in [2.24, 2.45) is 7.05 Å². The van der Waals surface area contributed by atoms with Gasteiger partial charge in [0.25, 0.3) is 5.91 Å². The minimum absolute atomic E-state index is 0.161. The molecule has 134 valence electrons. The summed E-state index contributed by atoms with van der Waals surface area (Å²) in [5.41, 5.74) is -0.00730. The van der Waals surface area contributed by atoms with E-state index in [1.807, 2.05) is 13.2 Å². The highest BCUT2D eigenvalue weighted by Gasteiger charge is 2.41. The van der Waals surface area contributed by atoms with Crippen molar-refractivity contribution in [2.45, 2.75) is 31.5 Å². The Hall–Kier alpha value is -2.25. The quantitative estimate of drug-likeness (QED) is 0.825. The Morgan fingerprint density at radius 2 is 2.20 bits per heavy atom. The van der Waals surface area contributed by atoms with Gasteiger partial charge in [0.15, 0.2) is 5.60 Å². The number of benzene rings is 1. The first-order valence-electron chi connectivity index (χ1n) is 8.41. The molecule has 1 atom stereocenters. The molecule has 2 N–H and O–H groups in total. The van der Waals surface area contributed by atoms with E-state index in [1.165, 1.54) is 11.0 Å². The second-order valence-corrected chi connectivity index (χ2v) is 6.58. The van der Waals surface area contributed by atoms with E-state index >= 15 is 0 Å². The second-order valence-electron chi connectivity index (χ2n) is 6.58. The number of nitrogens with zero attached hydrogens (tertiary/aromatic N) is 3. The third-order valence-corrected chi connectivity index (χ3v) is 4.53. The molecule has 0 bridgehead atoms. The van der Waals surface area contributed by atoms with Crippen molar-refractivity contribution in [3.05, 3.63) is 53.6 Å². The largest absolute Gasteiger partial charge is 0.379 e. The van der Waals surface area contributed by atoms with Crippen molar-refractivity contribution in [3.63, 3.8) is 0 Å². The maximum atomic E-state index is 13.8. The highest BCUT2D eigenvalue weighted by atomic mass is 19.1. The molecule has 0 saturated carbocycles. The van der Waals surface area contributed by atoms with Gasteiger partial charge in [0, 0.05) is 50.6 Å². The first kappa shape index (κ1) is 17.6. The lowest BCUT2D eigenvalue weighted by Crippen LogP contribution is -2.57. The van der Waals surface area contributed by atoms with E-state index in [0.717, 1.165) is 5.56 Å². The number of amides is 1. The van der Waals surface area contributed by atoms with Crippen LogP contribution in [0, 0.1) is 5.82 Å². The lowest BCUT2D eigenvalue weighted by atomic mass is 9.91. The van der Waals surface area contributed by atoms with Crippen LogP contribution >= 0.6 is 0 Å². The molecule has 1 fully saturated rings. The minimum atomic E-state index is -1.45. The maximum absolute atomic E-state index is 13.8. The Kier molecular flexibility index (Phi) is 5.15. The summed E-state index contributed by atoms with van der Waals surface area (Å²) in [5, 5.41) is 18.0. The van der Waals surface area contributed by atoms with Crippen LogP contribution < -0.4 is 5.32 Å². The predicted octanol–water partition coefficient (Wildman–Crippen LogP) is 1.20. The van der Waals surface area contributed by atoms with Crippen LogP contribution in [0.25, 0.3) is 0 Å². The number of aromatic nitrogens is 2. The van der Waals surface area contributed by atoms with Gasteiger partial charge in [-0.15, -0.1) is 0 Å². The third-order valence-electron chi connectivity index (χ3n) is 4.53. The van der Waals surface area contributed by atoms with Crippen LogP contribution in [0.2, 0.25) is 0 Å². The summed E-state index contributed by atoms with van der Waals surface area (Å²) in [6.07, 6.45) is 4.71. The van der Waals surface area contributed by atoms with Crippen molar-refractivity contribution in [1.82, 2.24) is 20.0 Å². The fourth-order valence-electron chi connectivity index (χ4n) is 3.19. The second kappa shape index (κ2) is 7.33. The average molecular weight is 346 g/mol. The maximum Gasteiger partial charge on any atom is 0.256 e. The summed E-state index contributed by atoms with van der Waals surface area (Å²) in [4.78, 5) is 14.2. The summed E-state index contributed by atoms with van der Waals surface area (Å²) in [5.74, 6) is -0.681. The first-order chi connectivity index (χ1) is 12.0. The van der Waals surface area contributed by atoms with Crippen molar-refractivity contribution in [1.29, 1.82) is 0 Å². The molecule has 2 aromatic rings. The van der Waals surface area contributed by atoms with Gasteiger partial charge in [0.2, 0.25) is 0 Å². The zero-order valence-corrected chi connectivity index (χ0v) is 14.3. The predicted molar refractivity (Wildman–Crippen MR) is 90.9 cm³/mol. The molecule has 0 aliphatic carbocycles. The van der Waals surface area contributed by atoms with E-state index in [4.69, 9.17) is 0 Å². The number of hydrogen-bond acceptors (Lipinski definition) is 4. The zero-order chi connectivity index (χ0) is 17.9. The van der Waals surface area contributed by atoms with Crippen LogP contribution in [-0.2, 0) is 24.9 Å². The van der Waals surface area contributed by atoms with Crippen LogP contribution in [-0.4, -0.2) is 44.4 Å². The fraction of sp³-hybridized carbons (Fsp3) is 0.444. The molecular weight excluding hydrogens is 323 g/mol. The van der Waals surface area contributed by atoms with E-state index in [9.17, 15) is 14.3 Å². The number of halogens is 1. The van der Waals surface area contributed by atoms with Gasteiger partial charge in [-0.1, -0.05) is 18.2 Å². The summed E-state index contributed by atoms with van der Waals surface area (Å²) in [6.45, 7) is 1.39. The summed E-state index contributed by atoms with van der Waals surface area (Å²) in [6, 6.07) is 6.41. The SMILES string of the molecule is Cn1cc(CNCC2(O)CCCN(Cc3ccccc3F)C2=O)cn1. The van der Waals surface area contributed by atoms with Crippen molar-refractivity contribution in [3.8, 4) is 0 Å². The molecule has 2 heterocycles. The topological polar surface area (TPSA) is 70.4 Å². The third kappa shape index (κ3) is 4.05. The summed E-state index contributed by atoms with van der Waals surface area (Å²) >= 11 is 0. The molecule has 1 aromatic carbocycles. The molecule has 1 saturated heterocycles. The zero-order valence-electron chi connectivity index (χ0n) is 14.3. The van der Waals surface area contributed by atoms with Crippen LogP contribution in [0.4, 0.5) is 4.39 Å². The Labute approximate surface area is 146 Å². The van der Waals surface area contributed by atoms with Gasteiger partial charge >= 0.3 is 0 Å². The number of carbonyl (C=O) groups excluding carboxylic acids is 1. The molecule has 1 unspecified atom stereocenters. The average Bonchev–Trinajstić information content (AvgIpc) is 2.99. The van der Waals surface area contributed by atoms with E-state index in [0.29, 0.717) is 31.5 Å². The fourth-order valence-corrected chi connectivity index (χ4v) is 3.19. The molecule has 25 heavy (non-hydrogen) atoms. The summed E-state index contributed by atoms with van der Waals surface area (Å²) < 4.78 is 15.5. The molecule has 6 nitrogen and oxygen atoms in total. The van der Waals surface area contributed by atoms with E-state index in [1.54, 1.807) is 29.1 Å². The van der Waals surface area contributed by atoms with Gasteiger partial charge in [-0.25, -0.2) is 4.39 Å². The van der Waals surface area contributed by atoms with E-state index < -0.39 is 5.60 Å². The monoisotopic (exact) mass is 346 g/mol. The molecule has 0 spiro atoms. The number of carbonyl (C=O) groups is 1. The van der Waals surface area contributed by atoms with Gasteiger partial charge in [-0.05, 0) is 18.9 Å². The van der Waals surface area contributed by atoms with Crippen molar-refractivity contribution < 1.29 is 14.3 Å². The molecule has 1 amide bonds. The van der Waals surface area contributed by atoms with Gasteiger partial charge in [-0.3, -0.25) is 9.48 Å². The molecule has 1 aromatic heterocycles. The minimum Gasteiger partial charge on any atom is -0.379 e. The Bertz CT molecular complexity index is 748. The lowest BCUT2D eigenvalue weighted by Gasteiger charge is -2.38. The molecule has 3 rings (SSSR count). The normalized spacial score (nSPS) is 20.9. The van der Waals surface area contributed by atoms with Gasteiger partial charge in [0.1, 0.15) is 5.82 Å². The number of aryl methyl sites for hydroxylation is 1. The van der Waals surface area contributed by atoms with Gasteiger partial charge in [0.05, 0.1) is 6.20 Å². The number of nitrogens with one attached hydrogen (secondary N) is 1. The number of rotatable bonds is 6. The Morgan fingerprint density at radius 1 is 1.40 bits per heavy atom. The van der Waals surface area contributed by atoms with Gasteiger partial charge in [-0.2, -0.15) is 5.10 Å². The van der Waals surface area contributed by atoms with Crippen LogP contribution in [0.5, 0.6) is 0 Å². The molecule has 7 heteroatoms. The smallest absolute Gasteiger partial charge is 0.256 e. The standard InChI is InChI=1S/C18H23FN4O2/c1-22-11-14(10-21-22)9-20-13-18(25)7-4-8-23(17(18)24)12-15-5-2-3-6-16(15)19/h2-3,5-6,10-11,20,25H,4,7-9,12-13H2,1H3. The number of likely N-dealkylation sites (tertiary alicyclic amines) is 1. The van der Waals surface area contributed by atoms with Crippen LogP contribution in [0.1, 0.15) is 24.0 Å². The van der Waals surface area contributed by atoms with Crippen molar-refractivity contribution in [2.75, 3.05) is 13.1 Å². The lowest BCUT2D eigenvalue weighted by molar-refractivity contribution is -0.157. The first-order valence-corrected chi connectivity index (χ1v) is 8.41. The van der Waals surface area contributed by atoms with Crippen LogP contribution in [0.15, 0.2) is 36.7 Å². The Morgan fingerprint density at radius 3 is 2.92 bits per heavy atom. The molecule has 1 aliphatic rings. The molecule has 0 radical (unpaired) electrons. The number of aliphatic hydroxyl groups is 1.